The van der Waals surface area contributed by atoms with Crippen LogP contribution in [0.5, 0.6) is 17.2 Å². The molecule has 0 N–H and O–H groups in total. The van der Waals surface area contributed by atoms with Gasteiger partial charge in [0.1, 0.15) is 5.75 Å². The minimum Gasteiger partial charge on any atom is -0.464 e. The van der Waals surface area contributed by atoms with E-state index in [4.69, 9.17) is 54.1 Å². The maximum atomic E-state index is 6.35. The van der Waals surface area contributed by atoms with E-state index in [0.29, 0.717) is 21.5 Å². The molecular formula is C23H15Cl3N2O3. The summed E-state index contributed by atoms with van der Waals surface area (Å²) >= 11 is 18.7. The van der Waals surface area contributed by atoms with Gasteiger partial charge >= 0.3 is 0 Å². The molecule has 0 fully saturated rings. The highest BCUT2D eigenvalue weighted by Gasteiger charge is 2.41. The molecule has 0 radical (unpaired) electrons. The lowest BCUT2D eigenvalue weighted by atomic mass is 9.95. The minimum absolute atomic E-state index is 0.0256. The van der Waals surface area contributed by atoms with E-state index in [0.717, 1.165) is 39.7 Å². The van der Waals surface area contributed by atoms with Crippen molar-refractivity contribution in [3.8, 4) is 17.2 Å². The summed E-state index contributed by atoms with van der Waals surface area (Å²) in [7, 11) is 0. The summed E-state index contributed by atoms with van der Waals surface area (Å²) in [5, 5.41) is 8.55. The van der Waals surface area contributed by atoms with E-state index >= 15 is 0 Å². The lowest BCUT2D eigenvalue weighted by Gasteiger charge is -2.38. The van der Waals surface area contributed by atoms with Crippen molar-refractivity contribution in [2.45, 2.75) is 18.7 Å². The first kappa shape index (κ1) is 19.1. The van der Waals surface area contributed by atoms with Crippen molar-refractivity contribution >= 4 is 40.5 Å². The van der Waals surface area contributed by atoms with Gasteiger partial charge in [-0.15, -0.1) is 0 Å². The molecule has 3 aromatic rings. The largest absolute Gasteiger partial charge is 0.464 e. The number of halogens is 3. The fraction of sp³-hybridized carbons (Fsp3) is 0.174. The predicted molar refractivity (Wildman–Crippen MR) is 120 cm³/mol. The summed E-state index contributed by atoms with van der Waals surface area (Å²) in [6.45, 7) is 0.235. The molecule has 3 heterocycles. The van der Waals surface area contributed by atoms with Crippen molar-refractivity contribution in [1.29, 1.82) is 0 Å². The summed E-state index contributed by atoms with van der Waals surface area (Å²) in [4.78, 5) is 0. The zero-order valence-corrected chi connectivity index (χ0v) is 18.3. The lowest BCUT2D eigenvalue weighted by Crippen LogP contribution is -2.33. The number of hydrazone groups is 1. The predicted octanol–water partition coefficient (Wildman–Crippen LogP) is 6.62. The molecule has 0 aliphatic carbocycles. The maximum absolute atomic E-state index is 6.35. The molecule has 156 valence electrons. The maximum Gasteiger partial charge on any atom is 0.231 e. The molecule has 5 nitrogen and oxygen atoms in total. The van der Waals surface area contributed by atoms with Gasteiger partial charge in [-0.25, -0.2) is 5.01 Å². The Bertz CT molecular complexity index is 1250. The molecule has 3 aliphatic rings. The molecular weight excluding hydrogens is 459 g/mol. The fourth-order valence-electron chi connectivity index (χ4n) is 4.19. The average molecular weight is 474 g/mol. The third-order valence-electron chi connectivity index (χ3n) is 5.69. The van der Waals surface area contributed by atoms with E-state index in [9.17, 15) is 0 Å². The van der Waals surface area contributed by atoms with Crippen LogP contribution in [0.4, 0.5) is 0 Å². The molecule has 31 heavy (non-hydrogen) atoms. The summed E-state index contributed by atoms with van der Waals surface area (Å²) in [5.41, 5.74) is 3.79. The SMILES string of the molecule is Clc1ccc2c(c1)[C@@H]1CC(c3ccc4c(c3)OCO4)=NN1[C@H](c1ccc(Cl)c(Cl)c1)O2. The quantitative estimate of drug-likeness (QED) is 0.420. The van der Waals surface area contributed by atoms with Crippen molar-refractivity contribution in [1.82, 2.24) is 5.01 Å². The first-order valence-electron chi connectivity index (χ1n) is 9.74. The summed E-state index contributed by atoms with van der Waals surface area (Å²) in [6.07, 6.45) is 0.258. The van der Waals surface area contributed by atoms with Gasteiger partial charge in [0, 0.05) is 28.1 Å². The van der Waals surface area contributed by atoms with Crippen LogP contribution in [0.1, 0.15) is 35.4 Å². The minimum atomic E-state index is -0.444. The third kappa shape index (κ3) is 3.19. The molecule has 0 saturated carbocycles. The summed E-state index contributed by atoms with van der Waals surface area (Å²) < 4.78 is 17.3. The fourth-order valence-corrected chi connectivity index (χ4v) is 4.68. The van der Waals surface area contributed by atoms with Crippen LogP contribution in [0, 0.1) is 0 Å². The van der Waals surface area contributed by atoms with Gasteiger partial charge in [-0.2, -0.15) is 5.10 Å². The number of ether oxygens (including phenoxy) is 3. The molecule has 6 rings (SSSR count). The van der Waals surface area contributed by atoms with E-state index < -0.39 is 6.23 Å². The van der Waals surface area contributed by atoms with Crippen molar-refractivity contribution in [3.05, 3.63) is 86.4 Å². The van der Waals surface area contributed by atoms with Crippen LogP contribution in [0.3, 0.4) is 0 Å². The van der Waals surface area contributed by atoms with Crippen LogP contribution in [0.25, 0.3) is 0 Å². The second-order valence-corrected chi connectivity index (χ2v) is 8.79. The second kappa shape index (κ2) is 7.23. The highest BCUT2D eigenvalue weighted by Crippen LogP contribution is 2.49. The molecule has 3 aliphatic heterocycles. The van der Waals surface area contributed by atoms with Crippen LogP contribution in [0.2, 0.25) is 15.1 Å². The number of hydrogen-bond donors (Lipinski definition) is 0. The molecule has 0 spiro atoms. The Balaban J connectivity index is 1.44. The van der Waals surface area contributed by atoms with Gasteiger partial charge < -0.3 is 14.2 Å². The Morgan fingerprint density at radius 1 is 0.839 bits per heavy atom. The zero-order chi connectivity index (χ0) is 21.1. The Labute approximate surface area is 193 Å². The molecule has 0 aromatic heterocycles. The van der Waals surface area contributed by atoms with Crippen LogP contribution in [0.15, 0.2) is 59.7 Å². The molecule has 0 bridgehead atoms. The van der Waals surface area contributed by atoms with Gasteiger partial charge in [0.05, 0.1) is 21.8 Å². The third-order valence-corrected chi connectivity index (χ3v) is 6.66. The van der Waals surface area contributed by atoms with Crippen molar-refractivity contribution < 1.29 is 14.2 Å². The van der Waals surface area contributed by atoms with E-state index in [1.807, 2.05) is 53.5 Å². The van der Waals surface area contributed by atoms with Gasteiger partial charge in [0.2, 0.25) is 13.0 Å². The van der Waals surface area contributed by atoms with Gasteiger partial charge in [-0.05, 0) is 48.5 Å². The van der Waals surface area contributed by atoms with E-state index in [2.05, 4.69) is 0 Å². The monoisotopic (exact) mass is 472 g/mol. The van der Waals surface area contributed by atoms with E-state index in [1.165, 1.54) is 0 Å². The first-order valence-corrected chi connectivity index (χ1v) is 10.9. The molecule has 2 atom stereocenters. The van der Waals surface area contributed by atoms with Crippen molar-refractivity contribution in [2.24, 2.45) is 5.10 Å². The summed E-state index contributed by atoms with van der Waals surface area (Å²) in [6, 6.07) is 17.0. The van der Waals surface area contributed by atoms with Crippen LogP contribution in [-0.4, -0.2) is 17.5 Å². The molecule has 0 amide bonds. The van der Waals surface area contributed by atoms with E-state index in [1.54, 1.807) is 6.07 Å². The Morgan fingerprint density at radius 3 is 2.55 bits per heavy atom. The van der Waals surface area contributed by atoms with Gasteiger partial charge in [-0.1, -0.05) is 40.9 Å². The number of fused-ring (bicyclic) bond motifs is 4. The van der Waals surface area contributed by atoms with Crippen molar-refractivity contribution in [3.63, 3.8) is 0 Å². The molecule has 0 saturated heterocycles. The van der Waals surface area contributed by atoms with Crippen LogP contribution >= 0.6 is 34.8 Å². The normalized spacial score (nSPS) is 20.7. The van der Waals surface area contributed by atoms with Gasteiger partial charge in [0.25, 0.3) is 0 Å². The number of hydrogen-bond acceptors (Lipinski definition) is 5. The number of nitrogens with zero attached hydrogens (tertiary/aromatic N) is 2. The lowest BCUT2D eigenvalue weighted by molar-refractivity contribution is -0.0190. The topological polar surface area (TPSA) is 43.3 Å². The highest BCUT2D eigenvalue weighted by molar-refractivity contribution is 6.42. The van der Waals surface area contributed by atoms with Crippen LogP contribution < -0.4 is 14.2 Å². The molecule has 0 unspecified atom stereocenters. The Hall–Kier alpha value is -2.60. The first-order chi connectivity index (χ1) is 15.1. The highest BCUT2D eigenvalue weighted by atomic mass is 35.5. The smallest absolute Gasteiger partial charge is 0.231 e. The standard InChI is InChI=1S/C23H15Cl3N2O3/c24-14-3-6-20-15(9-14)19-10-18(12-2-5-21-22(8-12)30-11-29-21)27-28(19)23(31-20)13-1-4-16(25)17(26)7-13/h1-9,19,23H,10-11H2/t19-,23-/m0/s1. The zero-order valence-electron chi connectivity index (χ0n) is 16.0. The summed E-state index contributed by atoms with van der Waals surface area (Å²) in [5.74, 6) is 2.25. The second-order valence-electron chi connectivity index (χ2n) is 7.54. The Kier molecular flexibility index (Phi) is 4.46. The van der Waals surface area contributed by atoms with Crippen LogP contribution in [-0.2, 0) is 0 Å². The average Bonchev–Trinajstić information content (AvgIpc) is 3.42. The number of benzene rings is 3. The van der Waals surface area contributed by atoms with E-state index in [-0.39, 0.29) is 12.8 Å². The van der Waals surface area contributed by atoms with Crippen molar-refractivity contribution in [2.75, 3.05) is 6.79 Å². The van der Waals surface area contributed by atoms with Gasteiger partial charge in [-0.3, -0.25) is 0 Å². The molecule has 3 aromatic carbocycles. The number of rotatable bonds is 2. The Morgan fingerprint density at radius 2 is 1.68 bits per heavy atom. The molecule has 8 heteroatoms. The van der Waals surface area contributed by atoms with Gasteiger partial charge in [0.15, 0.2) is 11.5 Å².